The van der Waals surface area contributed by atoms with Crippen molar-refractivity contribution in [2.75, 3.05) is 0 Å². The van der Waals surface area contributed by atoms with E-state index in [0.717, 1.165) is 12.8 Å². The van der Waals surface area contributed by atoms with E-state index in [2.05, 4.69) is 121 Å². The number of allylic oxidation sites excluding steroid dienone is 1. The summed E-state index contributed by atoms with van der Waals surface area (Å²) in [5.74, 6) is 0. The van der Waals surface area contributed by atoms with Gasteiger partial charge in [0.05, 0.1) is 0 Å². The van der Waals surface area contributed by atoms with Crippen molar-refractivity contribution < 1.29 is 0 Å². The summed E-state index contributed by atoms with van der Waals surface area (Å²) in [4.78, 5) is 0. The Morgan fingerprint density at radius 1 is 0.533 bits per heavy atom. The zero-order chi connectivity index (χ0) is 20.4. The summed E-state index contributed by atoms with van der Waals surface area (Å²) in [6, 6.07) is 43.6. The van der Waals surface area contributed by atoms with Crippen LogP contribution in [0.25, 0.3) is 5.57 Å². The molecule has 148 valence electrons. The topological polar surface area (TPSA) is 0 Å². The molecule has 0 saturated heterocycles. The summed E-state index contributed by atoms with van der Waals surface area (Å²) in [6.07, 6.45) is 2.10. The van der Waals surface area contributed by atoms with Crippen LogP contribution in [0.4, 0.5) is 0 Å². The van der Waals surface area contributed by atoms with E-state index in [0.29, 0.717) is 15.0 Å². The van der Waals surface area contributed by atoms with Gasteiger partial charge < -0.3 is 0 Å². The van der Waals surface area contributed by atoms with Gasteiger partial charge in [0.25, 0.3) is 0 Å². The van der Waals surface area contributed by atoms with Crippen LogP contribution < -0.4 is 4.46 Å². The molecule has 0 atom stereocenters. The Kier molecular flexibility index (Phi) is 7.34. The molecule has 0 amide bonds. The summed E-state index contributed by atoms with van der Waals surface area (Å²) in [5, 5.41) is 1.21. The predicted molar refractivity (Wildman–Crippen MR) is 130 cm³/mol. The molecule has 0 saturated carbocycles. The molecule has 30 heavy (non-hydrogen) atoms. The van der Waals surface area contributed by atoms with Crippen molar-refractivity contribution >= 4 is 25.0 Å². The molecular formula is C29H26Se. The second kappa shape index (κ2) is 10.8. The molecular weight excluding hydrogens is 427 g/mol. The monoisotopic (exact) mass is 454 g/mol. The maximum atomic E-state index is 2.26. The Hall–Kier alpha value is -2.86. The van der Waals surface area contributed by atoms with E-state index in [1.165, 1.54) is 37.6 Å². The van der Waals surface area contributed by atoms with Crippen molar-refractivity contribution in [3.05, 3.63) is 144 Å². The minimum absolute atomic E-state index is 0.488. The molecule has 0 fully saturated rings. The molecule has 4 aromatic carbocycles. The molecule has 0 radical (unpaired) electrons. The van der Waals surface area contributed by atoms with Crippen LogP contribution in [0.3, 0.4) is 0 Å². The molecule has 0 bridgehead atoms. The van der Waals surface area contributed by atoms with Crippen molar-refractivity contribution in [1.82, 2.24) is 0 Å². The SMILES string of the molecule is c1ccc(CC(CC[Se]c2ccccc2)=C(c2ccccc2)c2ccccc2)cc1. The summed E-state index contributed by atoms with van der Waals surface area (Å²) in [7, 11) is 0. The molecule has 0 unspecified atom stereocenters. The van der Waals surface area contributed by atoms with Gasteiger partial charge in [-0.1, -0.05) is 0 Å². The second-order valence-corrected chi connectivity index (χ2v) is 9.74. The number of hydrogen-bond donors (Lipinski definition) is 0. The third kappa shape index (κ3) is 5.60. The number of hydrogen-bond acceptors (Lipinski definition) is 0. The Morgan fingerprint density at radius 2 is 1.00 bits per heavy atom. The Labute approximate surface area is 186 Å². The molecule has 0 heterocycles. The Balaban J connectivity index is 1.72. The van der Waals surface area contributed by atoms with E-state index in [1.54, 1.807) is 0 Å². The van der Waals surface area contributed by atoms with E-state index in [1.807, 2.05) is 0 Å². The van der Waals surface area contributed by atoms with Crippen LogP contribution in [0.2, 0.25) is 5.32 Å². The summed E-state index contributed by atoms with van der Waals surface area (Å²) >= 11 is 0.488. The van der Waals surface area contributed by atoms with Gasteiger partial charge >= 0.3 is 187 Å². The van der Waals surface area contributed by atoms with Gasteiger partial charge in [-0.25, -0.2) is 0 Å². The standard InChI is InChI=1S/C29H26Se/c1-5-13-24(14-6-1)23-27(21-22-30-28-19-11-4-12-20-28)29(25-15-7-2-8-16-25)26-17-9-3-10-18-26/h1-20H,21-23H2. The third-order valence-electron chi connectivity index (χ3n) is 5.15. The first kappa shape index (κ1) is 20.4. The second-order valence-electron chi connectivity index (χ2n) is 7.28. The Morgan fingerprint density at radius 3 is 1.53 bits per heavy atom. The maximum absolute atomic E-state index is 2.26. The minimum atomic E-state index is 0.488. The predicted octanol–water partition coefficient (Wildman–Crippen LogP) is 6.57. The first-order valence-electron chi connectivity index (χ1n) is 10.4. The summed E-state index contributed by atoms with van der Waals surface area (Å²) < 4.78 is 1.48. The average molecular weight is 453 g/mol. The first-order chi connectivity index (χ1) is 14.9. The van der Waals surface area contributed by atoms with Crippen LogP contribution in [0.1, 0.15) is 23.1 Å². The van der Waals surface area contributed by atoms with Crippen molar-refractivity contribution in [3.63, 3.8) is 0 Å². The van der Waals surface area contributed by atoms with Gasteiger partial charge in [0.15, 0.2) is 0 Å². The molecule has 4 aromatic rings. The van der Waals surface area contributed by atoms with E-state index in [-0.39, 0.29) is 0 Å². The van der Waals surface area contributed by atoms with Crippen molar-refractivity contribution in [3.8, 4) is 0 Å². The fraction of sp³-hybridized carbons (Fsp3) is 0.103. The van der Waals surface area contributed by atoms with Crippen molar-refractivity contribution in [2.24, 2.45) is 0 Å². The summed E-state index contributed by atoms with van der Waals surface area (Å²) in [6.45, 7) is 0. The molecule has 0 aliphatic heterocycles. The van der Waals surface area contributed by atoms with Crippen LogP contribution >= 0.6 is 0 Å². The normalized spacial score (nSPS) is 10.5. The van der Waals surface area contributed by atoms with E-state index < -0.39 is 0 Å². The third-order valence-corrected chi connectivity index (χ3v) is 7.28. The Bertz CT molecular complexity index is 1010. The van der Waals surface area contributed by atoms with Crippen LogP contribution in [0.5, 0.6) is 0 Å². The van der Waals surface area contributed by atoms with Gasteiger partial charge in [-0.15, -0.1) is 0 Å². The molecule has 0 aliphatic rings. The van der Waals surface area contributed by atoms with Gasteiger partial charge in [0, 0.05) is 0 Å². The quantitative estimate of drug-likeness (QED) is 0.265. The van der Waals surface area contributed by atoms with E-state index >= 15 is 0 Å². The number of benzene rings is 4. The molecule has 0 nitrogen and oxygen atoms in total. The molecule has 0 spiro atoms. The fourth-order valence-electron chi connectivity index (χ4n) is 3.74. The summed E-state index contributed by atoms with van der Waals surface area (Å²) in [5.41, 5.74) is 6.91. The van der Waals surface area contributed by atoms with E-state index in [9.17, 15) is 0 Å². The van der Waals surface area contributed by atoms with Gasteiger partial charge in [0.2, 0.25) is 0 Å². The molecule has 4 rings (SSSR count). The zero-order valence-corrected chi connectivity index (χ0v) is 18.8. The molecule has 1 heteroatoms. The van der Waals surface area contributed by atoms with Crippen LogP contribution in [0, 0.1) is 0 Å². The molecule has 0 aromatic heterocycles. The van der Waals surface area contributed by atoms with Crippen molar-refractivity contribution in [2.45, 2.75) is 18.2 Å². The fourth-order valence-corrected chi connectivity index (χ4v) is 5.70. The first-order valence-corrected chi connectivity index (χ1v) is 12.5. The van der Waals surface area contributed by atoms with E-state index in [4.69, 9.17) is 0 Å². The molecule has 0 N–H and O–H groups in total. The van der Waals surface area contributed by atoms with Gasteiger partial charge in [-0.05, 0) is 0 Å². The van der Waals surface area contributed by atoms with Crippen LogP contribution in [-0.4, -0.2) is 15.0 Å². The van der Waals surface area contributed by atoms with Crippen molar-refractivity contribution in [1.29, 1.82) is 0 Å². The van der Waals surface area contributed by atoms with Crippen LogP contribution in [-0.2, 0) is 6.42 Å². The van der Waals surface area contributed by atoms with Crippen LogP contribution in [0.15, 0.2) is 127 Å². The van der Waals surface area contributed by atoms with Gasteiger partial charge in [-0.2, -0.15) is 0 Å². The average Bonchev–Trinajstić information content (AvgIpc) is 2.82. The van der Waals surface area contributed by atoms with Gasteiger partial charge in [-0.3, -0.25) is 0 Å². The molecule has 0 aliphatic carbocycles. The van der Waals surface area contributed by atoms with Gasteiger partial charge in [0.1, 0.15) is 0 Å². The zero-order valence-electron chi connectivity index (χ0n) is 17.1. The number of rotatable bonds is 8.